The number of hydrogen-bond donors (Lipinski definition) is 1. The van der Waals surface area contributed by atoms with E-state index >= 15 is 0 Å². The fourth-order valence-electron chi connectivity index (χ4n) is 0.438. The molecular formula is C6H11FO2. The Hall–Kier alpha value is -0.600. The molecule has 0 radical (unpaired) electrons. The van der Waals surface area contributed by atoms with Crippen LogP contribution in [0.5, 0.6) is 0 Å². The summed E-state index contributed by atoms with van der Waals surface area (Å²) in [7, 11) is 0. The van der Waals surface area contributed by atoms with Crippen molar-refractivity contribution in [2.45, 2.75) is 26.4 Å². The zero-order valence-electron chi connectivity index (χ0n) is 5.60. The third-order valence-electron chi connectivity index (χ3n) is 1.28. The van der Waals surface area contributed by atoms with Gasteiger partial charge in [0.15, 0.2) is 0 Å². The van der Waals surface area contributed by atoms with Crippen LogP contribution in [0.3, 0.4) is 0 Å². The smallest absolute Gasteiger partial charge is 0.303 e. The van der Waals surface area contributed by atoms with Crippen molar-refractivity contribution in [2.75, 3.05) is 0 Å². The van der Waals surface area contributed by atoms with Crippen molar-refractivity contribution >= 4 is 5.97 Å². The lowest BCUT2D eigenvalue weighted by molar-refractivity contribution is -0.138. The van der Waals surface area contributed by atoms with Gasteiger partial charge in [-0.15, -0.1) is 0 Å². The number of carboxylic acid groups (broad SMARTS) is 1. The molecule has 0 aliphatic heterocycles. The molecule has 0 spiro atoms. The normalized spacial score (nSPS) is 16.8. The van der Waals surface area contributed by atoms with Gasteiger partial charge in [-0.25, -0.2) is 4.39 Å². The molecule has 9 heavy (non-hydrogen) atoms. The van der Waals surface area contributed by atoms with Crippen LogP contribution >= 0.6 is 0 Å². The Labute approximate surface area is 53.7 Å². The molecule has 0 fully saturated rings. The van der Waals surface area contributed by atoms with Crippen molar-refractivity contribution in [1.29, 1.82) is 0 Å². The predicted octanol–water partition coefficient (Wildman–Crippen LogP) is 1.46. The second kappa shape index (κ2) is 3.43. The summed E-state index contributed by atoms with van der Waals surface area (Å²) in [6.45, 7) is 2.95. The third kappa shape index (κ3) is 3.94. The number of alkyl halides is 1. The first kappa shape index (κ1) is 8.40. The maximum Gasteiger partial charge on any atom is 0.303 e. The fourth-order valence-corrected chi connectivity index (χ4v) is 0.438. The highest BCUT2D eigenvalue weighted by Gasteiger charge is 2.13. The van der Waals surface area contributed by atoms with Crippen LogP contribution in [0.4, 0.5) is 4.39 Å². The van der Waals surface area contributed by atoms with Crippen LogP contribution in [0.15, 0.2) is 0 Å². The van der Waals surface area contributed by atoms with Crippen molar-refractivity contribution in [2.24, 2.45) is 5.92 Å². The standard InChI is InChI=1S/C6H11FO2/c1-4(5(2)7)3-6(8)9/h4-5H,3H2,1-2H3,(H,8,9)/t4-,5+/m0/s1. The van der Waals surface area contributed by atoms with Gasteiger partial charge in [-0.05, 0) is 12.8 Å². The number of halogens is 1. The minimum atomic E-state index is -1.03. The molecule has 0 amide bonds. The summed E-state index contributed by atoms with van der Waals surface area (Å²) in [6, 6.07) is 0. The van der Waals surface area contributed by atoms with Gasteiger partial charge in [0.2, 0.25) is 0 Å². The summed E-state index contributed by atoms with van der Waals surface area (Å²) >= 11 is 0. The monoisotopic (exact) mass is 134 g/mol. The van der Waals surface area contributed by atoms with Crippen LogP contribution in [0.2, 0.25) is 0 Å². The molecule has 54 valence electrons. The van der Waals surface area contributed by atoms with Gasteiger partial charge in [0.1, 0.15) is 6.17 Å². The first-order valence-corrected chi connectivity index (χ1v) is 2.90. The summed E-state index contributed by atoms with van der Waals surface area (Å²) in [6.07, 6.45) is -1.11. The second-order valence-corrected chi connectivity index (χ2v) is 2.25. The minimum Gasteiger partial charge on any atom is -0.481 e. The van der Waals surface area contributed by atoms with Crippen LogP contribution in [0.1, 0.15) is 20.3 Å². The number of carboxylic acids is 1. The molecule has 0 aromatic carbocycles. The quantitative estimate of drug-likeness (QED) is 0.634. The molecule has 0 aromatic heterocycles. The molecule has 3 heteroatoms. The van der Waals surface area contributed by atoms with Crippen molar-refractivity contribution < 1.29 is 14.3 Å². The summed E-state index contributed by atoms with van der Waals surface area (Å²) in [5, 5.41) is 8.17. The van der Waals surface area contributed by atoms with Crippen molar-refractivity contribution in [3.8, 4) is 0 Å². The lowest BCUT2D eigenvalue weighted by Gasteiger charge is -2.07. The van der Waals surface area contributed by atoms with Gasteiger partial charge in [-0.2, -0.15) is 0 Å². The van der Waals surface area contributed by atoms with Crippen LogP contribution < -0.4 is 0 Å². The maximum absolute atomic E-state index is 12.2. The van der Waals surface area contributed by atoms with Gasteiger partial charge in [0, 0.05) is 0 Å². The maximum atomic E-state index is 12.2. The number of carbonyl (C=O) groups is 1. The highest BCUT2D eigenvalue weighted by atomic mass is 19.1. The van der Waals surface area contributed by atoms with Crippen molar-refractivity contribution in [3.05, 3.63) is 0 Å². The number of aliphatic carboxylic acids is 1. The summed E-state index contributed by atoms with van der Waals surface area (Å²) in [5.74, 6) is -1.31. The molecule has 0 unspecified atom stereocenters. The third-order valence-corrected chi connectivity index (χ3v) is 1.28. The first-order chi connectivity index (χ1) is 4.04. The number of rotatable bonds is 3. The van der Waals surface area contributed by atoms with Gasteiger partial charge in [-0.3, -0.25) is 4.79 Å². The number of hydrogen-bond acceptors (Lipinski definition) is 1. The topological polar surface area (TPSA) is 37.3 Å². The zero-order valence-corrected chi connectivity index (χ0v) is 5.60. The minimum absolute atomic E-state index is 0.0856. The van der Waals surface area contributed by atoms with E-state index in [1.54, 1.807) is 6.92 Å². The van der Waals surface area contributed by atoms with E-state index in [-0.39, 0.29) is 12.3 Å². The Bertz CT molecular complexity index is 101. The molecule has 0 bridgehead atoms. The van der Waals surface area contributed by atoms with Crippen molar-refractivity contribution in [3.63, 3.8) is 0 Å². The Morgan fingerprint density at radius 3 is 2.22 bits per heavy atom. The van der Waals surface area contributed by atoms with E-state index in [0.29, 0.717) is 0 Å². The van der Waals surface area contributed by atoms with Crippen molar-refractivity contribution in [1.82, 2.24) is 0 Å². The average molecular weight is 134 g/mol. The molecule has 1 N–H and O–H groups in total. The highest BCUT2D eigenvalue weighted by molar-refractivity contribution is 5.67. The van der Waals surface area contributed by atoms with E-state index in [1.807, 2.05) is 0 Å². The molecular weight excluding hydrogens is 123 g/mol. The molecule has 0 heterocycles. The lowest BCUT2D eigenvalue weighted by atomic mass is 10.0. The van der Waals surface area contributed by atoms with E-state index in [0.717, 1.165) is 0 Å². The SMILES string of the molecule is C[C@@H](F)[C@@H](C)CC(=O)O. The Morgan fingerprint density at radius 2 is 2.11 bits per heavy atom. The second-order valence-electron chi connectivity index (χ2n) is 2.25. The summed E-state index contributed by atoms with van der Waals surface area (Å²) < 4.78 is 12.2. The lowest BCUT2D eigenvalue weighted by Crippen LogP contribution is -2.12. The first-order valence-electron chi connectivity index (χ1n) is 2.90. The summed E-state index contributed by atoms with van der Waals surface area (Å²) in [4.78, 5) is 9.95. The van der Waals surface area contributed by atoms with Crippen LogP contribution in [-0.2, 0) is 4.79 Å². The van der Waals surface area contributed by atoms with Crippen LogP contribution in [-0.4, -0.2) is 17.2 Å². The molecule has 0 saturated heterocycles. The van der Waals surface area contributed by atoms with Gasteiger partial charge >= 0.3 is 5.97 Å². The molecule has 2 atom stereocenters. The molecule has 0 rings (SSSR count). The molecule has 0 saturated carbocycles. The average Bonchev–Trinajstić information content (AvgIpc) is 1.63. The van der Waals surface area contributed by atoms with E-state index in [2.05, 4.69) is 0 Å². The van der Waals surface area contributed by atoms with Gasteiger partial charge in [0.25, 0.3) is 0 Å². The van der Waals surface area contributed by atoms with Crippen LogP contribution in [0, 0.1) is 5.92 Å². The van der Waals surface area contributed by atoms with E-state index < -0.39 is 12.1 Å². The Balaban J connectivity index is 3.50. The van der Waals surface area contributed by atoms with Gasteiger partial charge < -0.3 is 5.11 Å². The van der Waals surface area contributed by atoms with Gasteiger partial charge in [0.05, 0.1) is 6.42 Å². The molecule has 2 nitrogen and oxygen atoms in total. The largest absolute Gasteiger partial charge is 0.481 e. The van der Waals surface area contributed by atoms with E-state index in [4.69, 9.17) is 5.11 Å². The van der Waals surface area contributed by atoms with E-state index in [1.165, 1.54) is 6.92 Å². The predicted molar refractivity (Wildman–Crippen MR) is 32.0 cm³/mol. The molecule has 0 aromatic rings. The molecule has 0 aliphatic rings. The van der Waals surface area contributed by atoms with Crippen LogP contribution in [0.25, 0.3) is 0 Å². The Kier molecular flexibility index (Phi) is 3.20. The fraction of sp³-hybridized carbons (Fsp3) is 0.833. The van der Waals surface area contributed by atoms with Gasteiger partial charge in [-0.1, -0.05) is 6.92 Å². The Morgan fingerprint density at radius 1 is 1.67 bits per heavy atom. The zero-order chi connectivity index (χ0) is 7.44. The molecule has 0 aliphatic carbocycles. The highest BCUT2D eigenvalue weighted by Crippen LogP contribution is 2.09. The summed E-state index contributed by atoms with van der Waals surface area (Å²) in [5.41, 5.74) is 0. The van der Waals surface area contributed by atoms with E-state index in [9.17, 15) is 9.18 Å².